The molecule has 1 amide bonds. The number of nitrogens with two attached hydrogens (primary N) is 1. The van der Waals surface area contributed by atoms with Gasteiger partial charge in [0.25, 0.3) is 0 Å². The van der Waals surface area contributed by atoms with Crippen LogP contribution in [0.2, 0.25) is 0 Å². The minimum absolute atomic E-state index is 0.382. The number of amides is 1. The Kier molecular flexibility index (Phi) is 6.94. The second-order valence-corrected chi connectivity index (χ2v) is 2.34. The van der Waals surface area contributed by atoms with E-state index in [1.54, 1.807) is 6.08 Å². The minimum Gasteiger partial charge on any atom is -0.366 e. The van der Waals surface area contributed by atoms with Crippen LogP contribution in [0.5, 0.6) is 0 Å². The van der Waals surface area contributed by atoms with Gasteiger partial charge in [0.15, 0.2) is 0 Å². The molecule has 2 N–H and O–H groups in total. The minimum atomic E-state index is -0.382. The lowest BCUT2D eigenvalue weighted by Crippen LogP contribution is -2.05. The lowest BCUT2D eigenvalue weighted by molar-refractivity contribution is -0.113. The predicted molar refractivity (Wildman–Crippen MR) is 51.5 cm³/mol. The molecule has 0 aliphatic carbocycles. The number of allylic oxidation sites excluding steroid dienone is 5. The van der Waals surface area contributed by atoms with Gasteiger partial charge in [-0.2, -0.15) is 0 Å². The van der Waals surface area contributed by atoms with Gasteiger partial charge in [-0.25, -0.2) is 0 Å². The molecule has 0 aromatic carbocycles. The van der Waals surface area contributed by atoms with Gasteiger partial charge in [0.1, 0.15) is 0 Å². The van der Waals surface area contributed by atoms with Gasteiger partial charge in [0.05, 0.1) is 0 Å². The van der Waals surface area contributed by atoms with Crippen molar-refractivity contribution in [2.24, 2.45) is 5.73 Å². The molecule has 0 radical (unpaired) electrons. The summed E-state index contributed by atoms with van der Waals surface area (Å²) in [5.41, 5.74) is 4.90. The van der Waals surface area contributed by atoms with E-state index in [1.807, 2.05) is 31.2 Å². The Morgan fingerprint density at radius 2 is 1.92 bits per heavy atom. The van der Waals surface area contributed by atoms with E-state index in [1.165, 1.54) is 6.08 Å². The maximum atomic E-state index is 10.2. The fourth-order valence-electron chi connectivity index (χ4n) is 0.678. The summed E-state index contributed by atoms with van der Waals surface area (Å²) in [6.45, 7) is 1.97. The summed E-state index contributed by atoms with van der Waals surface area (Å²) in [6.07, 6.45) is 12.9. The molecule has 0 atom stereocenters. The molecule has 2 nitrogen and oxygen atoms in total. The van der Waals surface area contributed by atoms with Gasteiger partial charge in [-0.3, -0.25) is 4.79 Å². The second-order valence-electron chi connectivity index (χ2n) is 2.34. The molecule has 0 aliphatic heterocycles. The molecular weight excluding hydrogens is 150 g/mol. The standard InChI is InChI=1S/C10H15NO/c1-2-3-4-5-6-7-8-9-10(11)12/h2-5,8-9H,6-7H2,1H3,(H2,11,12)/b3-2+,5-4+,9-8+. The highest BCUT2D eigenvalue weighted by atomic mass is 16.1. The molecule has 0 heterocycles. The Bertz CT molecular complexity index is 202. The van der Waals surface area contributed by atoms with Crippen molar-refractivity contribution >= 4 is 5.91 Å². The molecule has 0 aromatic heterocycles. The fourth-order valence-corrected chi connectivity index (χ4v) is 0.678. The molecule has 2 heteroatoms. The smallest absolute Gasteiger partial charge is 0.241 e. The highest BCUT2D eigenvalue weighted by Crippen LogP contribution is 1.92. The lowest BCUT2D eigenvalue weighted by Gasteiger charge is -1.84. The fraction of sp³-hybridized carbons (Fsp3) is 0.300. The van der Waals surface area contributed by atoms with E-state index >= 15 is 0 Å². The van der Waals surface area contributed by atoms with Gasteiger partial charge in [0.2, 0.25) is 5.91 Å². The third-order valence-electron chi connectivity index (χ3n) is 1.22. The third kappa shape index (κ3) is 8.69. The van der Waals surface area contributed by atoms with Crippen LogP contribution in [-0.4, -0.2) is 5.91 Å². The van der Waals surface area contributed by atoms with Gasteiger partial charge in [-0.1, -0.05) is 30.4 Å². The zero-order valence-electron chi connectivity index (χ0n) is 7.36. The molecule has 0 unspecified atom stereocenters. The van der Waals surface area contributed by atoms with E-state index in [4.69, 9.17) is 5.73 Å². The highest BCUT2D eigenvalue weighted by molar-refractivity contribution is 5.85. The number of unbranched alkanes of at least 4 members (excludes halogenated alkanes) is 1. The molecule has 0 saturated carbocycles. The van der Waals surface area contributed by atoms with Crippen LogP contribution in [0.25, 0.3) is 0 Å². The molecule has 0 rings (SSSR count). The summed E-state index contributed by atoms with van der Waals surface area (Å²) in [6, 6.07) is 0. The van der Waals surface area contributed by atoms with Crippen LogP contribution in [0.4, 0.5) is 0 Å². The molecule has 0 spiro atoms. The zero-order chi connectivity index (χ0) is 9.23. The average molecular weight is 165 g/mol. The lowest BCUT2D eigenvalue weighted by atomic mass is 10.2. The molecule has 0 aromatic rings. The second kappa shape index (κ2) is 7.79. The monoisotopic (exact) mass is 165 g/mol. The number of hydrogen-bond acceptors (Lipinski definition) is 1. The number of primary amides is 1. The SMILES string of the molecule is C/C=C/C=C/CC/C=C/C(N)=O. The summed E-state index contributed by atoms with van der Waals surface area (Å²) in [7, 11) is 0. The normalized spacial score (nSPS) is 12.1. The Labute approximate surface area is 73.5 Å². The quantitative estimate of drug-likeness (QED) is 0.377. The van der Waals surface area contributed by atoms with Crippen molar-refractivity contribution in [1.82, 2.24) is 0 Å². The first-order valence-electron chi connectivity index (χ1n) is 4.01. The summed E-state index contributed by atoms with van der Waals surface area (Å²) >= 11 is 0. The van der Waals surface area contributed by atoms with Crippen LogP contribution in [0.15, 0.2) is 36.5 Å². The van der Waals surface area contributed by atoms with Crippen molar-refractivity contribution in [2.45, 2.75) is 19.8 Å². The predicted octanol–water partition coefficient (Wildman–Crippen LogP) is 1.94. The number of hydrogen-bond donors (Lipinski definition) is 1. The van der Waals surface area contributed by atoms with Crippen LogP contribution < -0.4 is 5.73 Å². The van der Waals surface area contributed by atoms with Crippen LogP contribution in [0.1, 0.15) is 19.8 Å². The van der Waals surface area contributed by atoms with Crippen LogP contribution in [-0.2, 0) is 4.79 Å². The van der Waals surface area contributed by atoms with E-state index in [0.29, 0.717) is 0 Å². The topological polar surface area (TPSA) is 43.1 Å². The van der Waals surface area contributed by atoms with Gasteiger partial charge in [-0.05, 0) is 25.8 Å². The molecule has 0 saturated heterocycles. The molecular formula is C10H15NO. The maximum absolute atomic E-state index is 10.2. The molecule has 12 heavy (non-hydrogen) atoms. The zero-order valence-corrected chi connectivity index (χ0v) is 7.36. The average Bonchev–Trinajstić information content (AvgIpc) is 2.02. The van der Waals surface area contributed by atoms with Crippen molar-refractivity contribution in [3.05, 3.63) is 36.5 Å². The Hall–Kier alpha value is -1.31. The maximum Gasteiger partial charge on any atom is 0.241 e. The van der Waals surface area contributed by atoms with Crippen molar-refractivity contribution in [3.8, 4) is 0 Å². The Balaban J connectivity index is 3.38. The van der Waals surface area contributed by atoms with Gasteiger partial charge in [-0.15, -0.1) is 0 Å². The largest absolute Gasteiger partial charge is 0.366 e. The van der Waals surface area contributed by atoms with E-state index in [0.717, 1.165) is 12.8 Å². The third-order valence-corrected chi connectivity index (χ3v) is 1.22. The van der Waals surface area contributed by atoms with E-state index in [2.05, 4.69) is 0 Å². The number of rotatable bonds is 5. The van der Waals surface area contributed by atoms with Gasteiger partial charge < -0.3 is 5.73 Å². The number of carbonyl (C=O) groups is 1. The molecule has 0 fully saturated rings. The van der Waals surface area contributed by atoms with Crippen LogP contribution in [0, 0.1) is 0 Å². The highest BCUT2D eigenvalue weighted by Gasteiger charge is 1.80. The van der Waals surface area contributed by atoms with Crippen LogP contribution in [0.3, 0.4) is 0 Å². The Morgan fingerprint density at radius 1 is 1.25 bits per heavy atom. The van der Waals surface area contributed by atoms with Crippen LogP contribution >= 0.6 is 0 Å². The van der Waals surface area contributed by atoms with E-state index < -0.39 is 0 Å². The first kappa shape index (κ1) is 10.7. The van der Waals surface area contributed by atoms with Crippen molar-refractivity contribution in [3.63, 3.8) is 0 Å². The summed E-state index contributed by atoms with van der Waals surface area (Å²) in [5.74, 6) is -0.382. The van der Waals surface area contributed by atoms with E-state index in [9.17, 15) is 4.79 Å². The van der Waals surface area contributed by atoms with Gasteiger partial charge in [0, 0.05) is 0 Å². The van der Waals surface area contributed by atoms with Crippen molar-refractivity contribution < 1.29 is 4.79 Å². The molecule has 0 bridgehead atoms. The van der Waals surface area contributed by atoms with Crippen molar-refractivity contribution in [2.75, 3.05) is 0 Å². The molecule has 66 valence electrons. The molecule has 0 aliphatic rings. The Morgan fingerprint density at radius 3 is 2.50 bits per heavy atom. The number of carbonyl (C=O) groups excluding carboxylic acids is 1. The van der Waals surface area contributed by atoms with Gasteiger partial charge >= 0.3 is 0 Å². The first-order chi connectivity index (χ1) is 5.77. The van der Waals surface area contributed by atoms with E-state index in [-0.39, 0.29) is 5.91 Å². The first-order valence-corrected chi connectivity index (χ1v) is 4.01. The summed E-state index contributed by atoms with van der Waals surface area (Å²) < 4.78 is 0. The van der Waals surface area contributed by atoms with Crippen molar-refractivity contribution in [1.29, 1.82) is 0 Å². The summed E-state index contributed by atoms with van der Waals surface area (Å²) in [4.78, 5) is 10.2. The summed E-state index contributed by atoms with van der Waals surface area (Å²) in [5, 5.41) is 0.